The number of benzene rings is 2. The van der Waals surface area contributed by atoms with E-state index < -0.39 is 11.6 Å². The molecule has 0 unspecified atom stereocenters. The summed E-state index contributed by atoms with van der Waals surface area (Å²) in [7, 11) is 0. The van der Waals surface area contributed by atoms with Crippen LogP contribution in [-0.2, 0) is 6.42 Å². The predicted molar refractivity (Wildman–Crippen MR) is 72.9 cm³/mol. The molecule has 0 atom stereocenters. The molecule has 102 valence electrons. The number of rotatable bonds is 2. The van der Waals surface area contributed by atoms with Gasteiger partial charge in [-0.25, -0.2) is 8.78 Å². The molecule has 0 fully saturated rings. The molecule has 3 rings (SSSR count). The van der Waals surface area contributed by atoms with Crippen LogP contribution >= 0.6 is 0 Å². The average Bonchev–Trinajstić information content (AvgIpc) is 2.90. The Bertz CT molecular complexity index is 686. The maximum absolute atomic E-state index is 13.1. The van der Waals surface area contributed by atoms with Gasteiger partial charge in [0.05, 0.1) is 0 Å². The van der Waals surface area contributed by atoms with E-state index in [4.69, 9.17) is 0 Å². The molecule has 1 aliphatic heterocycles. The van der Waals surface area contributed by atoms with E-state index in [1.54, 1.807) is 12.1 Å². The summed E-state index contributed by atoms with van der Waals surface area (Å²) >= 11 is 0. The van der Waals surface area contributed by atoms with Crippen LogP contribution in [0.3, 0.4) is 0 Å². The van der Waals surface area contributed by atoms with Crippen LogP contribution in [0.15, 0.2) is 36.4 Å². The van der Waals surface area contributed by atoms with Crippen LogP contribution in [0.2, 0.25) is 0 Å². The van der Waals surface area contributed by atoms with Gasteiger partial charge in [0.15, 0.2) is 11.6 Å². The normalized spacial score (nSPS) is 12.7. The van der Waals surface area contributed by atoms with Crippen molar-refractivity contribution in [3.63, 3.8) is 0 Å². The van der Waals surface area contributed by atoms with Crippen LogP contribution in [0.25, 0.3) is 0 Å². The van der Waals surface area contributed by atoms with Gasteiger partial charge in [0.1, 0.15) is 0 Å². The molecule has 2 aromatic rings. The van der Waals surface area contributed by atoms with Crippen LogP contribution < -0.4 is 10.6 Å². The lowest BCUT2D eigenvalue weighted by molar-refractivity contribution is 0.102. The first-order valence-corrected chi connectivity index (χ1v) is 6.27. The molecule has 2 N–H and O–H groups in total. The number of hydrogen-bond acceptors (Lipinski definition) is 2. The Hall–Kier alpha value is -2.43. The van der Waals surface area contributed by atoms with Gasteiger partial charge in [-0.15, -0.1) is 0 Å². The molecule has 0 saturated heterocycles. The summed E-state index contributed by atoms with van der Waals surface area (Å²) in [5, 5.41) is 5.73. The Morgan fingerprint density at radius 1 is 1.10 bits per heavy atom. The molecule has 0 radical (unpaired) electrons. The lowest BCUT2D eigenvalue weighted by atomic mass is 10.1. The molecule has 0 aliphatic carbocycles. The maximum Gasteiger partial charge on any atom is 0.255 e. The van der Waals surface area contributed by atoms with Crippen molar-refractivity contribution in [2.45, 2.75) is 6.42 Å². The third kappa shape index (κ3) is 2.34. The maximum atomic E-state index is 13.1. The topological polar surface area (TPSA) is 41.1 Å². The van der Waals surface area contributed by atoms with Gasteiger partial charge in [-0.2, -0.15) is 0 Å². The molecular formula is C15H12F2N2O. The number of amides is 1. The summed E-state index contributed by atoms with van der Waals surface area (Å²) in [5.41, 5.74) is 2.82. The van der Waals surface area contributed by atoms with Crippen LogP contribution in [-0.4, -0.2) is 12.5 Å². The van der Waals surface area contributed by atoms with E-state index in [0.29, 0.717) is 5.56 Å². The molecular weight excluding hydrogens is 262 g/mol. The fraction of sp³-hybridized carbons (Fsp3) is 0.133. The van der Waals surface area contributed by atoms with E-state index in [0.717, 1.165) is 30.8 Å². The zero-order valence-corrected chi connectivity index (χ0v) is 10.5. The van der Waals surface area contributed by atoms with Crippen LogP contribution in [0.1, 0.15) is 15.9 Å². The van der Waals surface area contributed by atoms with Crippen molar-refractivity contribution in [1.82, 2.24) is 0 Å². The number of carbonyl (C=O) groups is 1. The number of nitrogens with one attached hydrogen (secondary N) is 2. The molecule has 0 spiro atoms. The molecule has 1 aliphatic rings. The second-order valence-electron chi connectivity index (χ2n) is 4.63. The minimum atomic E-state index is -0.988. The molecule has 2 aromatic carbocycles. The summed E-state index contributed by atoms with van der Waals surface area (Å²) < 4.78 is 25.9. The number of anilines is 2. The van der Waals surface area contributed by atoms with E-state index in [-0.39, 0.29) is 11.6 Å². The Morgan fingerprint density at radius 2 is 1.95 bits per heavy atom. The SMILES string of the molecule is O=C(Nc1ccc(F)c(F)c1)c1ccc2c(c1)NCC2. The predicted octanol–water partition coefficient (Wildman–Crippen LogP) is 3.19. The van der Waals surface area contributed by atoms with Crippen molar-refractivity contribution in [1.29, 1.82) is 0 Å². The Labute approximate surface area is 114 Å². The number of carbonyl (C=O) groups excluding carboxylic acids is 1. The molecule has 3 nitrogen and oxygen atoms in total. The van der Waals surface area contributed by atoms with Gasteiger partial charge < -0.3 is 10.6 Å². The highest BCUT2D eigenvalue weighted by molar-refractivity contribution is 6.05. The highest BCUT2D eigenvalue weighted by Gasteiger charge is 2.14. The van der Waals surface area contributed by atoms with Crippen molar-refractivity contribution >= 4 is 17.3 Å². The molecule has 1 heterocycles. The van der Waals surface area contributed by atoms with Gasteiger partial charge >= 0.3 is 0 Å². The zero-order valence-electron chi connectivity index (χ0n) is 10.5. The third-order valence-electron chi connectivity index (χ3n) is 3.26. The quantitative estimate of drug-likeness (QED) is 0.883. The minimum Gasteiger partial charge on any atom is -0.384 e. The van der Waals surface area contributed by atoms with Gasteiger partial charge in [-0.05, 0) is 36.2 Å². The van der Waals surface area contributed by atoms with Gasteiger partial charge in [0, 0.05) is 29.5 Å². The fourth-order valence-electron chi connectivity index (χ4n) is 2.21. The molecule has 5 heteroatoms. The van der Waals surface area contributed by atoms with Crippen molar-refractivity contribution < 1.29 is 13.6 Å². The van der Waals surface area contributed by atoms with Crippen LogP contribution in [0.4, 0.5) is 20.2 Å². The smallest absolute Gasteiger partial charge is 0.255 e. The largest absolute Gasteiger partial charge is 0.384 e. The van der Waals surface area contributed by atoms with Crippen molar-refractivity contribution in [3.05, 3.63) is 59.2 Å². The van der Waals surface area contributed by atoms with Gasteiger partial charge in [-0.3, -0.25) is 4.79 Å². The Morgan fingerprint density at radius 3 is 2.75 bits per heavy atom. The third-order valence-corrected chi connectivity index (χ3v) is 3.26. The van der Waals surface area contributed by atoms with Crippen LogP contribution in [0.5, 0.6) is 0 Å². The number of halogens is 2. The van der Waals surface area contributed by atoms with Crippen molar-refractivity contribution in [2.24, 2.45) is 0 Å². The van der Waals surface area contributed by atoms with Crippen molar-refractivity contribution in [3.8, 4) is 0 Å². The number of hydrogen-bond donors (Lipinski definition) is 2. The number of fused-ring (bicyclic) bond motifs is 1. The first kappa shape index (κ1) is 12.6. The van der Waals surface area contributed by atoms with E-state index in [1.807, 2.05) is 6.07 Å². The molecule has 0 aromatic heterocycles. The summed E-state index contributed by atoms with van der Waals surface area (Å²) in [5.74, 6) is -2.28. The van der Waals surface area contributed by atoms with Gasteiger partial charge in [0.25, 0.3) is 5.91 Å². The lowest BCUT2D eigenvalue weighted by Gasteiger charge is -2.07. The highest BCUT2D eigenvalue weighted by Crippen LogP contribution is 2.23. The Kier molecular flexibility index (Phi) is 3.10. The monoisotopic (exact) mass is 274 g/mol. The second-order valence-corrected chi connectivity index (χ2v) is 4.63. The average molecular weight is 274 g/mol. The standard InChI is InChI=1S/C15H12F2N2O/c16-12-4-3-11(8-13(12)17)19-15(20)10-2-1-9-5-6-18-14(9)7-10/h1-4,7-8,18H,5-6H2,(H,19,20). The summed E-state index contributed by atoms with van der Waals surface area (Å²) in [6.45, 7) is 0.865. The Balaban J connectivity index is 1.80. The molecule has 0 saturated carbocycles. The second kappa shape index (κ2) is 4.92. The molecule has 20 heavy (non-hydrogen) atoms. The summed E-state index contributed by atoms with van der Waals surface area (Å²) in [6.07, 6.45) is 0.945. The van der Waals surface area contributed by atoms with E-state index in [2.05, 4.69) is 10.6 Å². The molecule has 1 amide bonds. The zero-order chi connectivity index (χ0) is 14.1. The van der Waals surface area contributed by atoms with E-state index in [9.17, 15) is 13.6 Å². The molecule has 0 bridgehead atoms. The summed E-state index contributed by atoms with van der Waals surface area (Å²) in [6, 6.07) is 8.64. The minimum absolute atomic E-state index is 0.224. The van der Waals surface area contributed by atoms with E-state index >= 15 is 0 Å². The first-order chi connectivity index (χ1) is 9.63. The summed E-state index contributed by atoms with van der Waals surface area (Å²) in [4.78, 5) is 12.1. The highest BCUT2D eigenvalue weighted by atomic mass is 19.2. The van der Waals surface area contributed by atoms with E-state index in [1.165, 1.54) is 11.6 Å². The van der Waals surface area contributed by atoms with Crippen molar-refractivity contribution in [2.75, 3.05) is 17.2 Å². The fourth-order valence-corrected chi connectivity index (χ4v) is 2.21. The first-order valence-electron chi connectivity index (χ1n) is 6.27. The van der Waals surface area contributed by atoms with Gasteiger partial charge in [-0.1, -0.05) is 6.07 Å². The lowest BCUT2D eigenvalue weighted by Crippen LogP contribution is -2.12. The van der Waals surface area contributed by atoms with Gasteiger partial charge in [0.2, 0.25) is 0 Å². The van der Waals surface area contributed by atoms with Crippen LogP contribution in [0, 0.1) is 11.6 Å².